The molecule has 1 aliphatic heterocycles. The molecule has 112 valence electrons. The number of benzene rings is 2. The largest absolute Gasteiger partial charge is 0.240 e. The van der Waals surface area contributed by atoms with Gasteiger partial charge in [-0.15, -0.1) is 0 Å². The monoisotopic (exact) mass is 299 g/mol. The van der Waals surface area contributed by atoms with E-state index in [1.54, 1.807) is 0 Å². The number of hydrogen-bond donors (Lipinski definition) is 0. The van der Waals surface area contributed by atoms with E-state index in [2.05, 4.69) is 53.5 Å². The molecular weight excluding hydrogens is 282 g/mol. The molecule has 1 unspecified atom stereocenters. The van der Waals surface area contributed by atoms with E-state index in [4.69, 9.17) is 5.10 Å². The minimum Gasteiger partial charge on any atom is -0.240 e. The van der Waals surface area contributed by atoms with Crippen LogP contribution in [0, 0.1) is 0 Å². The highest BCUT2D eigenvalue weighted by atomic mass is 15.5. The second-order valence-electron chi connectivity index (χ2n) is 5.58. The summed E-state index contributed by atoms with van der Waals surface area (Å²) in [6, 6.07) is 27.0. The molecular formula is C20H17N3. The number of anilines is 1. The lowest BCUT2D eigenvalue weighted by Crippen LogP contribution is -2.19. The van der Waals surface area contributed by atoms with Gasteiger partial charge in [0.05, 0.1) is 11.8 Å². The van der Waals surface area contributed by atoms with Gasteiger partial charge in [0.1, 0.15) is 5.82 Å². The summed E-state index contributed by atoms with van der Waals surface area (Å²) in [7, 11) is 0. The van der Waals surface area contributed by atoms with Crippen LogP contribution in [-0.4, -0.2) is 10.7 Å². The number of aromatic nitrogens is 1. The van der Waals surface area contributed by atoms with Gasteiger partial charge < -0.3 is 0 Å². The van der Waals surface area contributed by atoms with Crippen molar-refractivity contribution in [2.75, 3.05) is 5.01 Å². The Bertz CT molecular complexity index is 798. The molecule has 0 fully saturated rings. The molecule has 0 radical (unpaired) electrons. The van der Waals surface area contributed by atoms with Crippen LogP contribution in [0.15, 0.2) is 90.2 Å². The molecule has 0 aliphatic carbocycles. The highest BCUT2D eigenvalue weighted by molar-refractivity contribution is 6.03. The highest BCUT2D eigenvalue weighted by Crippen LogP contribution is 2.35. The molecule has 1 atom stereocenters. The maximum atomic E-state index is 4.87. The van der Waals surface area contributed by atoms with Crippen LogP contribution in [-0.2, 0) is 0 Å². The highest BCUT2D eigenvalue weighted by Gasteiger charge is 2.30. The summed E-state index contributed by atoms with van der Waals surface area (Å²) in [6.45, 7) is 0. The third kappa shape index (κ3) is 2.73. The lowest BCUT2D eigenvalue weighted by molar-refractivity contribution is 0.699. The molecule has 0 saturated carbocycles. The van der Waals surface area contributed by atoms with Gasteiger partial charge in [-0.05, 0) is 23.3 Å². The smallest absolute Gasteiger partial charge is 0.149 e. The van der Waals surface area contributed by atoms with Crippen LogP contribution < -0.4 is 5.01 Å². The maximum Gasteiger partial charge on any atom is 0.149 e. The number of nitrogens with zero attached hydrogens (tertiary/aromatic N) is 3. The van der Waals surface area contributed by atoms with Crippen molar-refractivity contribution in [2.24, 2.45) is 5.10 Å². The molecule has 3 nitrogen and oxygen atoms in total. The summed E-state index contributed by atoms with van der Waals surface area (Å²) in [5, 5.41) is 6.91. The van der Waals surface area contributed by atoms with Crippen molar-refractivity contribution in [3.63, 3.8) is 0 Å². The third-order valence-electron chi connectivity index (χ3n) is 4.09. The van der Waals surface area contributed by atoms with E-state index in [0.29, 0.717) is 0 Å². The quantitative estimate of drug-likeness (QED) is 0.715. The molecule has 3 aromatic rings. The average molecular weight is 299 g/mol. The Morgan fingerprint density at radius 1 is 0.783 bits per heavy atom. The number of hydrazone groups is 1. The first-order chi connectivity index (χ1) is 11.4. The fourth-order valence-corrected chi connectivity index (χ4v) is 2.95. The fourth-order valence-electron chi connectivity index (χ4n) is 2.95. The normalized spacial score (nSPS) is 17.1. The van der Waals surface area contributed by atoms with Gasteiger partial charge in [-0.1, -0.05) is 66.7 Å². The number of rotatable bonds is 3. The molecule has 4 rings (SSSR count). The second kappa shape index (κ2) is 6.05. The molecule has 0 amide bonds. The minimum atomic E-state index is 0.182. The molecule has 2 aromatic carbocycles. The van der Waals surface area contributed by atoms with Crippen molar-refractivity contribution in [1.82, 2.24) is 4.98 Å². The zero-order valence-corrected chi connectivity index (χ0v) is 12.7. The maximum absolute atomic E-state index is 4.87. The topological polar surface area (TPSA) is 28.5 Å². The molecule has 0 bridgehead atoms. The van der Waals surface area contributed by atoms with Crippen LogP contribution in [0.4, 0.5) is 5.82 Å². The predicted octanol–water partition coefficient (Wildman–Crippen LogP) is 4.44. The van der Waals surface area contributed by atoms with E-state index in [1.165, 1.54) is 11.1 Å². The van der Waals surface area contributed by atoms with Crippen LogP contribution in [0.3, 0.4) is 0 Å². The van der Waals surface area contributed by atoms with Gasteiger partial charge in [0.15, 0.2) is 0 Å². The zero-order valence-electron chi connectivity index (χ0n) is 12.7. The summed E-state index contributed by atoms with van der Waals surface area (Å²) in [5.74, 6) is 0.882. The Morgan fingerprint density at radius 3 is 2.17 bits per heavy atom. The van der Waals surface area contributed by atoms with Gasteiger partial charge in [0.2, 0.25) is 0 Å². The van der Waals surface area contributed by atoms with E-state index in [0.717, 1.165) is 18.0 Å². The van der Waals surface area contributed by atoms with E-state index in [1.807, 2.05) is 41.5 Å². The van der Waals surface area contributed by atoms with Crippen molar-refractivity contribution in [2.45, 2.75) is 12.5 Å². The van der Waals surface area contributed by atoms with Crippen LogP contribution in [0.5, 0.6) is 0 Å². The summed E-state index contributed by atoms with van der Waals surface area (Å²) in [4.78, 5) is 4.48. The molecule has 1 aliphatic rings. The molecule has 3 heteroatoms. The molecule has 0 saturated heterocycles. The van der Waals surface area contributed by atoms with Crippen molar-refractivity contribution in [1.29, 1.82) is 0 Å². The lowest BCUT2D eigenvalue weighted by atomic mass is 9.98. The Kier molecular flexibility index (Phi) is 3.60. The molecule has 0 N–H and O–H groups in total. The SMILES string of the molecule is c1ccc(C2=NN(c3ccccn3)C(c3ccccc3)C2)cc1. The van der Waals surface area contributed by atoms with Gasteiger partial charge in [-0.3, -0.25) is 0 Å². The minimum absolute atomic E-state index is 0.182. The van der Waals surface area contributed by atoms with Crippen molar-refractivity contribution >= 4 is 11.5 Å². The first-order valence-electron chi connectivity index (χ1n) is 7.80. The summed E-state index contributed by atoms with van der Waals surface area (Å²) in [6.07, 6.45) is 2.69. The Labute approximate surface area is 135 Å². The van der Waals surface area contributed by atoms with Crippen LogP contribution >= 0.6 is 0 Å². The van der Waals surface area contributed by atoms with Crippen LogP contribution in [0.1, 0.15) is 23.6 Å². The lowest BCUT2D eigenvalue weighted by Gasteiger charge is -2.22. The van der Waals surface area contributed by atoms with E-state index < -0.39 is 0 Å². The summed E-state index contributed by atoms with van der Waals surface area (Å²) < 4.78 is 0. The van der Waals surface area contributed by atoms with Gasteiger partial charge in [-0.2, -0.15) is 5.10 Å². The van der Waals surface area contributed by atoms with E-state index in [9.17, 15) is 0 Å². The summed E-state index contributed by atoms with van der Waals surface area (Å²) in [5.41, 5.74) is 3.53. The molecule has 2 heterocycles. The van der Waals surface area contributed by atoms with E-state index >= 15 is 0 Å². The zero-order chi connectivity index (χ0) is 15.5. The Hall–Kier alpha value is -2.94. The van der Waals surface area contributed by atoms with Crippen LogP contribution in [0.2, 0.25) is 0 Å². The second-order valence-corrected chi connectivity index (χ2v) is 5.58. The molecule has 1 aromatic heterocycles. The van der Waals surface area contributed by atoms with Gasteiger partial charge in [-0.25, -0.2) is 9.99 Å². The fraction of sp³-hybridized carbons (Fsp3) is 0.100. The average Bonchev–Trinajstić information content (AvgIpc) is 3.09. The first kappa shape index (κ1) is 13.7. The first-order valence-corrected chi connectivity index (χ1v) is 7.80. The van der Waals surface area contributed by atoms with Gasteiger partial charge in [0, 0.05) is 12.6 Å². The standard InChI is InChI=1S/C20H17N3/c1-3-9-16(10-4-1)18-15-19(17-11-5-2-6-12-17)23(22-18)20-13-7-8-14-21-20/h1-14,19H,15H2. The van der Waals surface area contributed by atoms with Gasteiger partial charge in [0.25, 0.3) is 0 Å². The van der Waals surface area contributed by atoms with Crippen molar-refractivity contribution in [3.8, 4) is 0 Å². The molecule has 23 heavy (non-hydrogen) atoms. The Balaban J connectivity index is 1.75. The summed E-state index contributed by atoms with van der Waals surface area (Å²) >= 11 is 0. The van der Waals surface area contributed by atoms with Crippen LogP contribution in [0.25, 0.3) is 0 Å². The van der Waals surface area contributed by atoms with Crippen molar-refractivity contribution < 1.29 is 0 Å². The van der Waals surface area contributed by atoms with E-state index in [-0.39, 0.29) is 6.04 Å². The number of pyridine rings is 1. The van der Waals surface area contributed by atoms with Gasteiger partial charge >= 0.3 is 0 Å². The third-order valence-corrected chi connectivity index (χ3v) is 4.09. The predicted molar refractivity (Wildman–Crippen MR) is 93.5 cm³/mol. The number of hydrogen-bond acceptors (Lipinski definition) is 3. The molecule has 0 spiro atoms. The van der Waals surface area contributed by atoms with Crippen molar-refractivity contribution in [3.05, 3.63) is 96.2 Å². The Morgan fingerprint density at radius 2 is 1.48 bits per heavy atom.